The minimum absolute atomic E-state index is 0.0238. The van der Waals surface area contributed by atoms with E-state index in [0.29, 0.717) is 19.3 Å². The Kier molecular flexibility index (Phi) is 5.23. The normalized spacial score (nSPS) is 51.6. The molecule has 9 atom stereocenters. The van der Waals surface area contributed by atoms with Gasteiger partial charge in [0.1, 0.15) is 5.92 Å². The van der Waals surface area contributed by atoms with Crippen molar-refractivity contribution in [3.8, 4) is 6.07 Å². The van der Waals surface area contributed by atoms with Crippen LogP contribution in [0.25, 0.3) is 0 Å². The van der Waals surface area contributed by atoms with Crippen molar-refractivity contribution in [3.63, 3.8) is 0 Å². The summed E-state index contributed by atoms with van der Waals surface area (Å²) in [6, 6.07) is 2.29. The molecule has 36 heavy (non-hydrogen) atoms. The van der Waals surface area contributed by atoms with Crippen molar-refractivity contribution < 1.29 is 19.5 Å². The molecule has 0 spiro atoms. The number of carbonyl (C=O) groups is 3. The molecule has 0 aliphatic heterocycles. The Morgan fingerprint density at radius 1 is 0.972 bits per heavy atom. The van der Waals surface area contributed by atoms with Crippen molar-refractivity contribution >= 4 is 17.5 Å². The second-order valence-corrected chi connectivity index (χ2v) is 15.0. The predicted molar refractivity (Wildman–Crippen MR) is 137 cm³/mol. The first-order valence-corrected chi connectivity index (χ1v) is 13.9. The molecule has 0 aromatic carbocycles. The van der Waals surface area contributed by atoms with Crippen molar-refractivity contribution in [3.05, 3.63) is 11.6 Å². The number of fused-ring (bicyclic) bond motifs is 7. The fourth-order valence-corrected chi connectivity index (χ4v) is 10.5. The van der Waals surface area contributed by atoms with Crippen LogP contribution in [0.3, 0.4) is 0 Å². The highest BCUT2D eigenvalue weighted by Crippen LogP contribution is 2.75. The van der Waals surface area contributed by atoms with E-state index >= 15 is 0 Å². The highest BCUT2D eigenvalue weighted by atomic mass is 16.4. The molecule has 5 rings (SSSR count). The van der Waals surface area contributed by atoms with Gasteiger partial charge in [0, 0.05) is 11.3 Å². The number of nitriles is 1. The smallest absolute Gasteiger partial charge is 0.309 e. The van der Waals surface area contributed by atoms with Crippen LogP contribution in [0.4, 0.5) is 0 Å². The van der Waals surface area contributed by atoms with E-state index in [9.17, 15) is 24.8 Å². The van der Waals surface area contributed by atoms with Crippen LogP contribution in [0.2, 0.25) is 0 Å². The summed E-state index contributed by atoms with van der Waals surface area (Å²) in [6.07, 6.45) is 8.35. The molecule has 5 heteroatoms. The summed E-state index contributed by atoms with van der Waals surface area (Å²) in [5, 5.41) is 20.0. The Labute approximate surface area is 216 Å². The summed E-state index contributed by atoms with van der Waals surface area (Å²) >= 11 is 0. The van der Waals surface area contributed by atoms with Gasteiger partial charge in [0.25, 0.3) is 0 Å². The lowest BCUT2D eigenvalue weighted by atomic mass is 9.33. The van der Waals surface area contributed by atoms with Crippen molar-refractivity contribution in [1.82, 2.24) is 0 Å². The van der Waals surface area contributed by atoms with E-state index in [2.05, 4.69) is 33.8 Å². The lowest BCUT2D eigenvalue weighted by Gasteiger charge is -2.70. The Morgan fingerprint density at radius 3 is 2.22 bits per heavy atom. The molecule has 2 unspecified atom stereocenters. The number of carboxylic acid groups (broad SMARTS) is 1. The van der Waals surface area contributed by atoms with Crippen molar-refractivity contribution in [2.75, 3.05) is 0 Å². The molecule has 0 radical (unpaired) electrons. The Hall–Kier alpha value is -1.96. The molecular formula is C31H43NO4. The first-order chi connectivity index (χ1) is 16.5. The number of Topliss-reactive ketones (excluding diaryl/α,β-unsaturated/α-hetero) is 1. The van der Waals surface area contributed by atoms with Gasteiger partial charge in [-0.25, -0.2) is 0 Å². The van der Waals surface area contributed by atoms with E-state index < -0.39 is 28.1 Å². The van der Waals surface area contributed by atoms with Crippen LogP contribution in [-0.2, 0) is 14.4 Å². The van der Waals surface area contributed by atoms with Gasteiger partial charge in [-0.15, -0.1) is 0 Å². The van der Waals surface area contributed by atoms with Crippen LogP contribution in [-0.4, -0.2) is 22.6 Å². The number of carboxylic acids is 1. The lowest BCUT2D eigenvalue weighted by molar-refractivity contribution is -0.191. The summed E-state index contributed by atoms with van der Waals surface area (Å²) in [7, 11) is 0. The lowest BCUT2D eigenvalue weighted by Crippen LogP contribution is -2.67. The number of hydrogen-bond donors (Lipinski definition) is 1. The molecule has 0 saturated heterocycles. The molecule has 196 valence electrons. The fourth-order valence-electron chi connectivity index (χ4n) is 10.5. The van der Waals surface area contributed by atoms with E-state index in [1.54, 1.807) is 0 Å². The zero-order chi connectivity index (χ0) is 26.7. The second-order valence-electron chi connectivity index (χ2n) is 15.0. The maximum atomic E-state index is 14.3. The molecule has 5 aliphatic carbocycles. The molecule has 5 nitrogen and oxygen atoms in total. The topological polar surface area (TPSA) is 95.2 Å². The minimum atomic E-state index is -0.762. The Balaban J connectivity index is 1.65. The predicted octanol–water partition coefficient (Wildman–Crippen LogP) is 6.37. The number of nitrogens with zero attached hydrogens (tertiary/aromatic N) is 1. The first kappa shape index (κ1) is 25.7. The monoisotopic (exact) mass is 493 g/mol. The van der Waals surface area contributed by atoms with Gasteiger partial charge in [-0.05, 0) is 97.9 Å². The number of ketones is 2. The van der Waals surface area contributed by atoms with Gasteiger partial charge in [-0.2, -0.15) is 5.26 Å². The van der Waals surface area contributed by atoms with Crippen molar-refractivity contribution in [1.29, 1.82) is 5.26 Å². The van der Waals surface area contributed by atoms with Crippen LogP contribution < -0.4 is 0 Å². The molecular weight excluding hydrogens is 450 g/mol. The molecule has 0 amide bonds. The molecule has 1 N–H and O–H groups in total. The minimum Gasteiger partial charge on any atom is -0.481 e. The summed E-state index contributed by atoms with van der Waals surface area (Å²) in [6.45, 7) is 15.0. The van der Waals surface area contributed by atoms with E-state index in [-0.39, 0.29) is 45.6 Å². The molecule has 0 heterocycles. The molecule has 0 aromatic rings. The van der Waals surface area contributed by atoms with Crippen LogP contribution >= 0.6 is 0 Å². The van der Waals surface area contributed by atoms with Gasteiger partial charge in [0.2, 0.25) is 0 Å². The molecule has 0 aromatic heterocycles. The summed E-state index contributed by atoms with van der Waals surface area (Å²) in [4.78, 5) is 39.8. The van der Waals surface area contributed by atoms with Gasteiger partial charge in [-0.3, -0.25) is 14.4 Å². The Morgan fingerprint density at radius 2 is 1.61 bits per heavy atom. The van der Waals surface area contributed by atoms with Crippen LogP contribution in [0, 0.1) is 67.5 Å². The third kappa shape index (κ3) is 2.91. The highest BCUT2D eigenvalue weighted by molar-refractivity contribution is 5.97. The Bertz CT molecular complexity index is 1130. The third-order valence-electron chi connectivity index (χ3n) is 13.0. The zero-order valence-electron chi connectivity index (χ0n) is 23.2. The van der Waals surface area contributed by atoms with Crippen LogP contribution in [0.5, 0.6) is 0 Å². The highest BCUT2D eigenvalue weighted by Gasteiger charge is 2.71. The zero-order valence-corrected chi connectivity index (χ0v) is 23.2. The quantitative estimate of drug-likeness (QED) is 0.458. The molecule has 4 saturated carbocycles. The standard InChI is InChI=1S/C31H43NO4/c1-26(2)22-8-9-31(7)23(29(22,5)15-18(17-32)24(26)34)21(33)14-19-20-16-28(4,25(35)36)11-10-27(20,3)12-13-30(19,31)6/h14,18,20,22-23H,8-13,15-16H2,1-7H3,(H,35,36)/t18-,20+,22?,23+,27+,28?,29-,30+,31+/m0/s1. The van der Waals surface area contributed by atoms with E-state index in [0.717, 1.165) is 32.1 Å². The van der Waals surface area contributed by atoms with Gasteiger partial charge in [0.05, 0.1) is 11.5 Å². The first-order valence-electron chi connectivity index (χ1n) is 13.9. The van der Waals surface area contributed by atoms with Gasteiger partial charge in [-0.1, -0.05) is 47.1 Å². The van der Waals surface area contributed by atoms with Crippen LogP contribution in [0.1, 0.15) is 99.8 Å². The summed E-state index contributed by atoms with van der Waals surface area (Å²) in [5.74, 6) is -1.29. The van der Waals surface area contributed by atoms with Gasteiger partial charge < -0.3 is 5.11 Å². The number of aliphatic carboxylic acids is 1. The largest absolute Gasteiger partial charge is 0.481 e. The van der Waals surface area contributed by atoms with Crippen LogP contribution in [0.15, 0.2) is 11.6 Å². The third-order valence-corrected chi connectivity index (χ3v) is 13.0. The maximum absolute atomic E-state index is 14.3. The number of rotatable bonds is 1. The van der Waals surface area contributed by atoms with E-state index in [1.807, 2.05) is 26.8 Å². The molecule has 0 bridgehead atoms. The fraction of sp³-hybridized carbons (Fsp3) is 0.806. The van der Waals surface area contributed by atoms with E-state index in [4.69, 9.17) is 0 Å². The molecule has 4 fully saturated rings. The average molecular weight is 494 g/mol. The van der Waals surface area contributed by atoms with E-state index in [1.165, 1.54) is 5.57 Å². The number of allylic oxidation sites excluding steroid dienone is 2. The number of hydrogen-bond acceptors (Lipinski definition) is 4. The summed E-state index contributed by atoms with van der Waals surface area (Å²) < 4.78 is 0. The van der Waals surface area contributed by atoms with Crippen molar-refractivity contribution in [2.45, 2.75) is 99.8 Å². The molecule has 5 aliphatic rings. The summed E-state index contributed by atoms with van der Waals surface area (Å²) in [5.41, 5.74) is -1.08. The van der Waals surface area contributed by atoms with Crippen molar-refractivity contribution in [2.24, 2.45) is 56.2 Å². The van der Waals surface area contributed by atoms with Gasteiger partial charge in [0.15, 0.2) is 11.6 Å². The SMILES string of the molecule is CC1(C(=O)O)CC[C@]2(C)CC[C@]3(C)C(=CC(=O)[C@@H]4[C@@]5(C)C[C@@H](C#N)C(=O)C(C)(C)C5CC[C@]43C)[C@H]2C1. The van der Waals surface area contributed by atoms with Gasteiger partial charge >= 0.3 is 5.97 Å². The second kappa shape index (κ2) is 7.33. The average Bonchev–Trinajstić information content (AvgIpc) is 2.78. The number of carbonyl (C=O) groups excluding carboxylic acids is 2. The maximum Gasteiger partial charge on any atom is 0.309 e.